The van der Waals surface area contributed by atoms with Gasteiger partial charge in [0.2, 0.25) is 0 Å². The van der Waals surface area contributed by atoms with Crippen LogP contribution in [0.4, 0.5) is 0 Å². The lowest BCUT2D eigenvalue weighted by molar-refractivity contribution is -0.138. The average Bonchev–Trinajstić information content (AvgIpc) is 2.51. The molecule has 0 atom stereocenters. The van der Waals surface area contributed by atoms with E-state index < -0.39 is 5.97 Å². The Labute approximate surface area is 141 Å². The van der Waals surface area contributed by atoms with Gasteiger partial charge in [0, 0.05) is 12.1 Å². The summed E-state index contributed by atoms with van der Waals surface area (Å²) in [6, 6.07) is 10.5. The van der Waals surface area contributed by atoms with E-state index in [0.29, 0.717) is 0 Å². The molecule has 0 spiro atoms. The summed E-state index contributed by atoms with van der Waals surface area (Å²) in [4.78, 5) is 26.1. The normalized spacial score (nSPS) is 11.1. The Hall–Kier alpha value is -2.56. The minimum Gasteiger partial charge on any atom is -0.507 e. The van der Waals surface area contributed by atoms with E-state index in [1.165, 1.54) is 6.07 Å². The number of phenolic OH excluding ortho intramolecular Hbond substituents is 1. The molecular formula is C19H23NO4. The van der Waals surface area contributed by atoms with Crippen LogP contribution in [-0.2, 0) is 9.53 Å². The maximum absolute atomic E-state index is 12.2. The van der Waals surface area contributed by atoms with E-state index in [2.05, 4.69) is 0 Å². The number of esters is 1. The topological polar surface area (TPSA) is 66.8 Å². The highest BCUT2D eigenvalue weighted by Crippen LogP contribution is 2.25. The van der Waals surface area contributed by atoms with Crippen LogP contribution in [0.15, 0.2) is 36.4 Å². The summed E-state index contributed by atoms with van der Waals surface area (Å²) in [5.74, 6) is -1.12. The number of ether oxygens (including phenoxy) is 1. The summed E-state index contributed by atoms with van der Waals surface area (Å²) >= 11 is 0. The Kier molecular flexibility index (Phi) is 5.44. The number of amides is 1. The van der Waals surface area contributed by atoms with Crippen LogP contribution in [0.1, 0.15) is 38.1 Å². The van der Waals surface area contributed by atoms with E-state index in [-0.39, 0.29) is 35.9 Å². The van der Waals surface area contributed by atoms with Gasteiger partial charge in [0.15, 0.2) is 6.61 Å². The molecule has 0 radical (unpaired) electrons. The number of carbonyl (C=O) groups excluding carboxylic acids is 2. The summed E-state index contributed by atoms with van der Waals surface area (Å²) in [5, 5.41) is 11.7. The fourth-order valence-corrected chi connectivity index (χ4v) is 2.84. The molecular weight excluding hydrogens is 306 g/mol. The molecule has 0 aromatic heterocycles. The van der Waals surface area contributed by atoms with Crippen molar-refractivity contribution in [2.45, 2.75) is 39.8 Å². The van der Waals surface area contributed by atoms with E-state index in [1.807, 2.05) is 52.0 Å². The van der Waals surface area contributed by atoms with Crippen molar-refractivity contribution < 1.29 is 19.4 Å². The molecule has 2 rings (SSSR count). The summed E-state index contributed by atoms with van der Waals surface area (Å²) in [5.41, 5.74) is 0.0575. The van der Waals surface area contributed by atoms with Crippen LogP contribution in [0.25, 0.3) is 10.8 Å². The maximum atomic E-state index is 12.2. The van der Waals surface area contributed by atoms with E-state index in [1.54, 1.807) is 11.0 Å². The number of aromatic hydroxyl groups is 1. The van der Waals surface area contributed by atoms with Crippen molar-refractivity contribution >= 4 is 22.6 Å². The van der Waals surface area contributed by atoms with E-state index >= 15 is 0 Å². The Morgan fingerprint density at radius 3 is 2.12 bits per heavy atom. The Balaban J connectivity index is 2.13. The van der Waals surface area contributed by atoms with Crippen LogP contribution in [0.2, 0.25) is 0 Å². The number of fused-ring (bicyclic) bond motifs is 1. The third-order valence-corrected chi connectivity index (χ3v) is 3.81. The summed E-state index contributed by atoms with van der Waals surface area (Å²) in [6.07, 6.45) is 0. The smallest absolute Gasteiger partial charge is 0.342 e. The monoisotopic (exact) mass is 329 g/mol. The quantitative estimate of drug-likeness (QED) is 0.854. The van der Waals surface area contributed by atoms with Crippen molar-refractivity contribution in [3.8, 4) is 5.75 Å². The van der Waals surface area contributed by atoms with Crippen molar-refractivity contribution in [2.75, 3.05) is 6.61 Å². The number of phenols is 1. The highest BCUT2D eigenvalue weighted by molar-refractivity contribution is 5.99. The van der Waals surface area contributed by atoms with Gasteiger partial charge in [-0.05, 0) is 50.6 Å². The van der Waals surface area contributed by atoms with Gasteiger partial charge >= 0.3 is 5.97 Å². The molecule has 0 aliphatic heterocycles. The standard InChI is InChI=1S/C19H23NO4/c1-12(2)20(13(3)4)18(22)11-24-19(23)16-9-14-7-5-6-8-15(14)10-17(16)21/h5-10,12-13,21H,11H2,1-4H3. The lowest BCUT2D eigenvalue weighted by Crippen LogP contribution is -2.44. The second-order valence-electron chi connectivity index (χ2n) is 6.28. The van der Waals surface area contributed by atoms with Crippen LogP contribution in [0.5, 0.6) is 5.75 Å². The third-order valence-electron chi connectivity index (χ3n) is 3.81. The molecule has 5 heteroatoms. The molecule has 1 amide bonds. The maximum Gasteiger partial charge on any atom is 0.342 e. The molecule has 5 nitrogen and oxygen atoms in total. The molecule has 0 saturated heterocycles. The molecule has 0 heterocycles. The summed E-state index contributed by atoms with van der Waals surface area (Å²) in [7, 11) is 0. The van der Waals surface area contributed by atoms with Gasteiger partial charge < -0.3 is 14.7 Å². The zero-order valence-corrected chi connectivity index (χ0v) is 14.4. The van der Waals surface area contributed by atoms with E-state index in [0.717, 1.165) is 10.8 Å². The van der Waals surface area contributed by atoms with Crippen LogP contribution in [-0.4, -0.2) is 40.6 Å². The van der Waals surface area contributed by atoms with Crippen molar-refractivity contribution in [3.63, 3.8) is 0 Å². The van der Waals surface area contributed by atoms with Gasteiger partial charge in [-0.3, -0.25) is 4.79 Å². The second-order valence-corrected chi connectivity index (χ2v) is 6.28. The fourth-order valence-electron chi connectivity index (χ4n) is 2.84. The molecule has 0 bridgehead atoms. The van der Waals surface area contributed by atoms with Gasteiger partial charge in [-0.2, -0.15) is 0 Å². The Bertz CT molecular complexity index is 744. The van der Waals surface area contributed by atoms with Gasteiger partial charge in [-0.25, -0.2) is 4.79 Å². The van der Waals surface area contributed by atoms with Gasteiger partial charge in [0.05, 0.1) is 0 Å². The predicted octanol–water partition coefficient (Wildman–Crippen LogP) is 3.35. The number of hydrogen-bond acceptors (Lipinski definition) is 4. The van der Waals surface area contributed by atoms with Crippen molar-refractivity contribution in [2.24, 2.45) is 0 Å². The van der Waals surface area contributed by atoms with Gasteiger partial charge in [-0.15, -0.1) is 0 Å². The summed E-state index contributed by atoms with van der Waals surface area (Å²) in [6.45, 7) is 7.30. The second kappa shape index (κ2) is 7.34. The Morgan fingerprint density at radius 1 is 1.04 bits per heavy atom. The number of hydrogen-bond donors (Lipinski definition) is 1. The van der Waals surface area contributed by atoms with Crippen LogP contribution in [0.3, 0.4) is 0 Å². The molecule has 128 valence electrons. The van der Waals surface area contributed by atoms with Gasteiger partial charge in [-0.1, -0.05) is 24.3 Å². The number of rotatable bonds is 5. The molecule has 2 aromatic carbocycles. The lowest BCUT2D eigenvalue weighted by atomic mass is 10.1. The first-order valence-electron chi connectivity index (χ1n) is 8.01. The third kappa shape index (κ3) is 3.85. The highest BCUT2D eigenvalue weighted by atomic mass is 16.5. The zero-order chi connectivity index (χ0) is 17.9. The largest absolute Gasteiger partial charge is 0.507 e. The SMILES string of the molecule is CC(C)N(C(=O)COC(=O)c1cc2ccccc2cc1O)C(C)C. The number of nitrogens with zero attached hydrogens (tertiary/aromatic N) is 1. The highest BCUT2D eigenvalue weighted by Gasteiger charge is 2.22. The average molecular weight is 329 g/mol. The van der Waals surface area contributed by atoms with E-state index in [9.17, 15) is 14.7 Å². The first kappa shape index (κ1) is 17.8. The van der Waals surface area contributed by atoms with Gasteiger partial charge in [0.1, 0.15) is 11.3 Å². The molecule has 24 heavy (non-hydrogen) atoms. The molecule has 2 aromatic rings. The first-order chi connectivity index (χ1) is 11.3. The number of benzene rings is 2. The molecule has 0 aliphatic carbocycles. The van der Waals surface area contributed by atoms with Gasteiger partial charge in [0.25, 0.3) is 5.91 Å². The molecule has 1 N–H and O–H groups in total. The van der Waals surface area contributed by atoms with Crippen LogP contribution >= 0.6 is 0 Å². The molecule has 0 fully saturated rings. The van der Waals surface area contributed by atoms with Crippen molar-refractivity contribution in [1.29, 1.82) is 0 Å². The van der Waals surface area contributed by atoms with Crippen LogP contribution < -0.4 is 0 Å². The minimum atomic E-state index is -0.709. The summed E-state index contributed by atoms with van der Waals surface area (Å²) < 4.78 is 5.11. The van der Waals surface area contributed by atoms with E-state index in [4.69, 9.17) is 4.74 Å². The molecule has 0 saturated carbocycles. The van der Waals surface area contributed by atoms with Crippen molar-refractivity contribution in [3.05, 3.63) is 42.0 Å². The van der Waals surface area contributed by atoms with Crippen LogP contribution in [0, 0.1) is 0 Å². The lowest BCUT2D eigenvalue weighted by Gasteiger charge is -2.30. The zero-order valence-electron chi connectivity index (χ0n) is 14.4. The number of carbonyl (C=O) groups is 2. The first-order valence-corrected chi connectivity index (χ1v) is 8.01. The minimum absolute atomic E-state index is 0.0188. The molecule has 0 unspecified atom stereocenters. The molecule has 0 aliphatic rings. The fraction of sp³-hybridized carbons (Fsp3) is 0.368. The predicted molar refractivity (Wildman–Crippen MR) is 93.0 cm³/mol. The Morgan fingerprint density at radius 2 is 1.58 bits per heavy atom. The van der Waals surface area contributed by atoms with Crippen molar-refractivity contribution in [1.82, 2.24) is 4.90 Å².